The van der Waals surface area contributed by atoms with Gasteiger partial charge in [0.15, 0.2) is 0 Å². The number of anilines is 3. The first-order valence-electron chi connectivity index (χ1n) is 17.9. The topological polar surface area (TPSA) is 8.17 Å². The molecule has 0 bridgehead atoms. The molecule has 0 atom stereocenters. The Balaban J connectivity index is 1.15. The van der Waals surface area contributed by atoms with Crippen molar-refractivity contribution < 1.29 is 0 Å². The van der Waals surface area contributed by atoms with E-state index in [4.69, 9.17) is 0 Å². The van der Waals surface area contributed by atoms with E-state index in [1.807, 2.05) is 0 Å². The van der Waals surface area contributed by atoms with Gasteiger partial charge in [0.25, 0.3) is 0 Å². The van der Waals surface area contributed by atoms with Crippen molar-refractivity contribution in [2.75, 3.05) is 4.90 Å². The summed E-state index contributed by atoms with van der Waals surface area (Å²) in [6, 6.07) is 74.6. The summed E-state index contributed by atoms with van der Waals surface area (Å²) in [5, 5.41) is 7.55. The molecule has 0 aliphatic carbocycles. The largest absolute Gasteiger partial charge is 0.310 e. The molecule has 10 rings (SSSR count). The van der Waals surface area contributed by atoms with Crippen molar-refractivity contribution in [3.8, 4) is 27.9 Å². The Kier molecular flexibility index (Phi) is 7.18. The van der Waals surface area contributed by atoms with Crippen molar-refractivity contribution in [3.05, 3.63) is 206 Å². The fourth-order valence-corrected chi connectivity index (χ4v) is 7.93. The second kappa shape index (κ2) is 12.5. The highest BCUT2D eigenvalue weighted by molar-refractivity contribution is 6.21. The number of rotatable bonds is 6. The summed E-state index contributed by atoms with van der Waals surface area (Å²) in [6.45, 7) is 0. The predicted octanol–water partition coefficient (Wildman–Crippen LogP) is 13.9. The molecule has 0 N–H and O–H groups in total. The van der Waals surface area contributed by atoms with E-state index in [9.17, 15) is 0 Å². The van der Waals surface area contributed by atoms with Crippen molar-refractivity contribution >= 4 is 60.4 Å². The van der Waals surface area contributed by atoms with Crippen molar-refractivity contribution in [1.29, 1.82) is 0 Å². The molecule has 0 radical (unpaired) electrons. The average molecular weight is 663 g/mol. The summed E-state index contributed by atoms with van der Waals surface area (Å²) in [7, 11) is 0. The van der Waals surface area contributed by atoms with Crippen molar-refractivity contribution in [2.45, 2.75) is 0 Å². The zero-order valence-corrected chi connectivity index (χ0v) is 28.5. The quantitative estimate of drug-likeness (QED) is 0.172. The fourth-order valence-electron chi connectivity index (χ4n) is 7.93. The van der Waals surface area contributed by atoms with Gasteiger partial charge in [-0.1, -0.05) is 146 Å². The molecule has 9 aromatic carbocycles. The van der Waals surface area contributed by atoms with Crippen LogP contribution in [0.15, 0.2) is 206 Å². The third-order valence-electron chi connectivity index (χ3n) is 10.4. The fraction of sp³-hybridized carbons (Fsp3) is 0. The summed E-state index contributed by atoms with van der Waals surface area (Å²) in [6.07, 6.45) is 0. The predicted molar refractivity (Wildman–Crippen MR) is 221 cm³/mol. The highest BCUT2D eigenvalue weighted by Gasteiger charge is 2.18. The summed E-state index contributed by atoms with van der Waals surface area (Å²) < 4.78 is 2.41. The van der Waals surface area contributed by atoms with Gasteiger partial charge in [0, 0.05) is 33.5 Å². The van der Waals surface area contributed by atoms with Gasteiger partial charge < -0.3 is 9.47 Å². The molecule has 10 aromatic rings. The number of aromatic nitrogens is 1. The van der Waals surface area contributed by atoms with Crippen LogP contribution in [0.25, 0.3) is 71.3 Å². The van der Waals surface area contributed by atoms with Gasteiger partial charge in [-0.05, 0) is 104 Å². The van der Waals surface area contributed by atoms with E-state index in [1.165, 1.54) is 65.6 Å². The molecule has 0 fully saturated rings. The molecule has 0 aliphatic heterocycles. The minimum Gasteiger partial charge on any atom is -0.310 e. The molecule has 1 heterocycles. The molecule has 1 aromatic heterocycles. The Morgan fingerprint density at radius 3 is 1.62 bits per heavy atom. The lowest BCUT2D eigenvalue weighted by molar-refractivity contribution is 1.17. The Hall–Kier alpha value is -6.90. The van der Waals surface area contributed by atoms with Gasteiger partial charge in [-0.3, -0.25) is 0 Å². The smallest absolute Gasteiger partial charge is 0.0547 e. The lowest BCUT2D eigenvalue weighted by atomic mass is 9.96. The van der Waals surface area contributed by atoms with Crippen LogP contribution in [0.5, 0.6) is 0 Å². The molecule has 0 saturated carbocycles. The molecule has 0 saturated heterocycles. The van der Waals surface area contributed by atoms with Crippen LogP contribution in [0.3, 0.4) is 0 Å². The lowest BCUT2D eigenvalue weighted by Crippen LogP contribution is -2.10. The third kappa shape index (κ3) is 5.04. The summed E-state index contributed by atoms with van der Waals surface area (Å²) in [5.41, 5.74) is 11.7. The molecule has 0 amide bonds. The maximum atomic E-state index is 2.41. The summed E-state index contributed by atoms with van der Waals surface area (Å²) in [5.74, 6) is 0. The average Bonchev–Trinajstić information content (AvgIpc) is 3.57. The summed E-state index contributed by atoms with van der Waals surface area (Å²) in [4.78, 5) is 2.39. The highest BCUT2D eigenvalue weighted by Crippen LogP contribution is 2.42. The van der Waals surface area contributed by atoms with Gasteiger partial charge in [-0.25, -0.2) is 0 Å². The molecule has 0 spiro atoms. The zero-order chi connectivity index (χ0) is 34.4. The lowest BCUT2D eigenvalue weighted by Gasteiger charge is -2.27. The minimum atomic E-state index is 1.09. The standard InChI is InChI=1S/C50H34N2/c1-3-13-35(14-4-1)36-23-26-40(27-24-36)51(43-33-39-18-8-9-19-44(39)47(34-43)37-15-5-2-6-16-37)41-28-30-42(31-29-41)52-48-22-12-11-21-46(48)50-45-20-10-7-17-38(45)25-32-49(50)52/h1-34H. The number of para-hydroxylation sites is 1. The van der Waals surface area contributed by atoms with Crippen LogP contribution >= 0.6 is 0 Å². The summed E-state index contributed by atoms with van der Waals surface area (Å²) >= 11 is 0. The maximum absolute atomic E-state index is 2.41. The van der Waals surface area contributed by atoms with E-state index in [0.717, 1.165) is 22.7 Å². The Bertz CT molecular complexity index is 2870. The van der Waals surface area contributed by atoms with E-state index in [2.05, 4.69) is 216 Å². The molecule has 2 heteroatoms. The number of hydrogen-bond acceptors (Lipinski definition) is 1. The van der Waals surface area contributed by atoms with Gasteiger partial charge in [-0.2, -0.15) is 0 Å². The first-order chi connectivity index (χ1) is 25.8. The normalized spacial score (nSPS) is 11.5. The molecule has 244 valence electrons. The number of hydrogen-bond donors (Lipinski definition) is 0. The molecule has 0 unspecified atom stereocenters. The van der Waals surface area contributed by atoms with E-state index in [-0.39, 0.29) is 0 Å². The molecular weight excluding hydrogens is 629 g/mol. The van der Waals surface area contributed by atoms with E-state index < -0.39 is 0 Å². The van der Waals surface area contributed by atoms with Crippen LogP contribution in [0.1, 0.15) is 0 Å². The van der Waals surface area contributed by atoms with Gasteiger partial charge in [-0.15, -0.1) is 0 Å². The van der Waals surface area contributed by atoms with Crippen LogP contribution in [-0.2, 0) is 0 Å². The number of nitrogens with zero attached hydrogens (tertiary/aromatic N) is 2. The molecule has 52 heavy (non-hydrogen) atoms. The second-order valence-electron chi connectivity index (χ2n) is 13.4. The van der Waals surface area contributed by atoms with Crippen LogP contribution < -0.4 is 4.90 Å². The van der Waals surface area contributed by atoms with E-state index in [0.29, 0.717) is 0 Å². The Morgan fingerprint density at radius 2 is 0.885 bits per heavy atom. The number of fused-ring (bicyclic) bond motifs is 6. The van der Waals surface area contributed by atoms with Gasteiger partial charge in [0.05, 0.1) is 11.0 Å². The third-order valence-corrected chi connectivity index (χ3v) is 10.4. The van der Waals surface area contributed by atoms with Crippen LogP contribution in [0.2, 0.25) is 0 Å². The van der Waals surface area contributed by atoms with E-state index in [1.54, 1.807) is 0 Å². The first kappa shape index (κ1) is 30.0. The Labute approximate surface area is 303 Å². The van der Waals surface area contributed by atoms with Crippen LogP contribution in [0, 0.1) is 0 Å². The van der Waals surface area contributed by atoms with Gasteiger partial charge >= 0.3 is 0 Å². The highest BCUT2D eigenvalue weighted by atomic mass is 15.1. The van der Waals surface area contributed by atoms with E-state index >= 15 is 0 Å². The van der Waals surface area contributed by atoms with Crippen molar-refractivity contribution in [2.24, 2.45) is 0 Å². The monoisotopic (exact) mass is 662 g/mol. The maximum Gasteiger partial charge on any atom is 0.0547 e. The SMILES string of the molecule is c1ccc(-c2ccc(N(c3ccc(-n4c5ccccc5c5c6ccccc6ccc54)cc3)c3cc(-c4ccccc4)c4ccccc4c3)cc2)cc1. The van der Waals surface area contributed by atoms with Crippen molar-refractivity contribution in [3.63, 3.8) is 0 Å². The molecule has 0 aliphatic rings. The second-order valence-corrected chi connectivity index (χ2v) is 13.4. The Morgan fingerprint density at radius 1 is 0.327 bits per heavy atom. The van der Waals surface area contributed by atoms with Crippen LogP contribution in [0.4, 0.5) is 17.1 Å². The van der Waals surface area contributed by atoms with Crippen LogP contribution in [-0.4, -0.2) is 4.57 Å². The van der Waals surface area contributed by atoms with Gasteiger partial charge in [0.1, 0.15) is 0 Å². The van der Waals surface area contributed by atoms with Gasteiger partial charge in [0.2, 0.25) is 0 Å². The molecular formula is C50H34N2. The number of benzene rings is 9. The molecule has 2 nitrogen and oxygen atoms in total. The first-order valence-corrected chi connectivity index (χ1v) is 17.9. The van der Waals surface area contributed by atoms with Crippen molar-refractivity contribution in [1.82, 2.24) is 4.57 Å². The minimum absolute atomic E-state index is 1.09. The zero-order valence-electron chi connectivity index (χ0n) is 28.5.